The molecule has 0 fully saturated rings. The van der Waals surface area contributed by atoms with E-state index in [2.05, 4.69) is 45.1 Å². The number of anilines is 1. The molecule has 1 aliphatic heterocycles. The number of aryl methyl sites for hydroxylation is 2. The number of methoxy groups -OCH3 is 1. The molecule has 1 atom stereocenters. The van der Waals surface area contributed by atoms with Gasteiger partial charge in [-0.1, -0.05) is 6.07 Å². The molecular formula is C18H21N5O. The van der Waals surface area contributed by atoms with Crippen molar-refractivity contribution in [2.75, 3.05) is 12.0 Å². The van der Waals surface area contributed by atoms with Gasteiger partial charge in [-0.15, -0.1) is 5.10 Å². The summed E-state index contributed by atoms with van der Waals surface area (Å²) in [6, 6.07) is 8.81. The second kappa shape index (κ2) is 5.47. The lowest BCUT2D eigenvalue weighted by molar-refractivity contribution is 0.413. The number of hydrogen-bond acceptors (Lipinski definition) is 5. The molecule has 0 saturated heterocycles. The summed E-state index contributed by atoms with van der Waals surface area (Å²) in [5.74, 6) is 3.34. The molecule has 6 heteroatoms. The first-order valence-electron chi connectivity index (χ1n) is 8.18. The lowest BCUT2D eigenvalue weighted by Crippen LogP contribution is -2.39. The summed E-state index contributed by atoms with van der Waals surface area (Å²) >= 11 is 0. The van der Waals surface area contributed by atoms with Gasteiger partial charge in [-0.25, -0.2) is 4.98 Å². The fraction of sp³-hybridized carbons (Fsp3) is 0.389. The number of nitrogens with zero attached hydrogens (tertiary/aromatic N) is 5. The summed E-state index contributed by atoms with van der Waals surface area (Å²) in [4.78, 5) is 11.3. The van der Waals surface area contributed by atoms with E-state index in [1.54, 1.807) is 7.11 Å². The number of aromatic nitrogens is 4. The second-order valence-corrected chi connectivity index (χ2v) is 6.44. The van der Waals surface area contributed by atoms with Crippen LogP contribution in [0.4, 0.5) is 5.82 Å². The summed E-state index contributed by atoms with van der Waals surface area (Å²) in [5, 5.41) is 4.53. The summed E-state index contributed by atoms with van der Waals surface area (Å²) in [6.07, 6.45) is 0.996. The molecule has 24 heavy (non-hydrogen) atoms. The quantitative estimate of drug-likeness (QED) is 0.726. The highest BCUT2D eigenvalue weighted by Crippen LogP contribution is 2.30. The van der Waals surface area contributed by atoms with Gasteiger partial charge in [0.1, 0.15) is 17.4 Å². The van der Waals surface area contributed by atoms with Gasteiger partial charge in [0.05, 0.1) is 7.11 Å². The molecule has 1 aromatic carbocycles. The molecule has 0 N–H and O–H groups in total. The third kappa shape index (κ3) is 2.38. The van der Waals surface area contributed by atoms with Crippen LogP contribution in [0, 0.1) is 13.8 Å². The van der Waals surface area contributed by atoms with E-state index in [9.17, 15) is 0 Å². The Hall–Kier alpha value is -2.63. The smallest absolute Gasteiger partial charge is 0.254 e. The number of ether oxygens (including phenoxy) is 1. The Balaban J connectivity index is 1.82. The Morgan fingerprint density at radius 1 is 1.12 bits per heavy atom. The maximum Gasteiger partial charge on any atom is 0.254 e. The Kier molecular flexibility index (Phi) is 3.40. The van der Waals surface area contributed by atoms with Gasteiger partial charge in [0.15, 0.2) is 0 Å². The summed E-state index contributed by atoms with van der Waals surface area (Å²) in [5.41, 5.74) is 3.64. The second-order valence-electron chi connectivity index (χ2n) is 6.44. The lowest BCUT2D eigenvalue weighted by Gasteiger charge is -2.36. The van der Waals surface area contributed by atoms with Crippen molar-refractivity contribution in [2.45, 2.75) is 39.8 Å². The number of fused-ring (bicyclic) bond motifs is 2. The van der Waals surface area contributed by atoms with E-state index in [1.165, 1.54) is 11.1 Å². The molecule has 124 valence electrons. The third-order valence-corrected chi connectivity index (χ3v) is 4.62. The monoisotopic (exact) mass is 323 g/mol. The van der Waals surface area contributed by atoms with Gasteiger partial charge in [0.2, 0.25) is 0 Å². The Morgan fingerprint density at radius 2 is 1.96 bits per heavy atom. The summed E-state index contributed by atoms with van der Waals surface area (Å²) in [6.45, 7) is 6.97. The first-order valence-corrected chi connectivity index (χ1v) is 8.18. The molecule has 0 spiro atoms. The van der Waals surface area contributed by atoms with Crippen LogP contribution >= 0.6 is 0 Å². The Labute approximate surface area is 141 Å². The largest absolute Gasteiger partial charge is 0.497 e. The number of benzene rings is 1. The molecule has 3 heterocycles. The van der Waals surface area contributed by atoms with E-state index >= 15 is 0 Å². The minimum Gasteiger partial charge on any atom is -0.497 e. The van der Waals surface area contributed by atoms with Crippen LogP contribution in [0.15, 0.2) is 24.3 Å². The van der Waals surface area contributed by atoms with E-state index in [0.717, 1.165) is 36.1 Å². The maximum absolute atomic E-state index is 5.38. The van der Waals surface area contributed by atoms with Crippen molar-refractivity contribution < 1.29 is 4.74 Å². The van der Waals surface area contributed by atoms with Crippen molar-refractivity contribution in [3.63, 3.8) is 0 Å². The van der Waals surface area contributed by atoms with Crippen LogP contribution in [-0.4, -0.2) is 32.7 Å². The highest BCUT2D eigenvalue weighted by molar-refractivity contribution is 5.52. The zero-order valence-electron chi connectivity index (χ0n) is 14.4. The van der Waals surface area contributed by atoms with Crippen molar-refractivity contribution in [1.29, 1.82) is 0 Å². The minimum atomic E-state index is 0.375. The molecule has 4 rings (SSSR count). The maximum atomic E-state index is 5.38. The van der Waals surface area contributed by atoms with Crippen LogP contribution in [-0.2, 0) is 13.0 Å². The lowest BCUT2D eigenvalue weighted by atomic mass is 9.94. The first kappa shape index (κ1) is 14.9. The predicted octanol–water partition coefficient (Wildman–Crippen LogP) is 2.70. The zero-order valence-corrected chi connectivity index (χ0v) is 14.4. The fourth-order valence-electron chi connectivity index (χ4n) is 3.42. The standard InChI is InChI=1S/C18H21N5O/c1-11-7-17(23-18(19-11)20-13(3)21-23)22-10-15-9-16(24-4)6-5-14(15)8-12(22)2/h5-7,9,12H,8,10H2,1-4H3. The Bertz CT molecular complexity index is 917. The van der Waals surface area contributed by atoms with Crippen molar-refractivity contribution in [2.24, 2.45) is 0 Å². The van der Waals surface area contributed by atoms with Crippen molar-refractivity contribution in [3.8, 4) is 5.75 Å². The van der Waals surface area contributed by atoms with Crippen LogP contribution in [0.1, 0.15) is 29.6 Å². The molecule has 6 nitrogen and oxygen atoms in total. The highest BCUT2D eigenvalue weighted by Gasteiger charge is 2.26. The Morgan fingerprint density at radius 3 is 2.75 bits per heavy atom. The van der Waals surface area contributed by atoms with E-state index in [1.807, 2.05) is 24.4 Å². The summed E-state index contributed by atoms with van der Waals surface area (Å²) < 4.78 is 7.24. The normalized spacial score (nSPS) is 17.2. The van der Waals surface area contributed by atoms with E-state index in [-0.39, 0.29) is 0 Å². The predicted molar refractivity (Wildman–Crippen MR) is 92.6 cm³/mol. The van der Waals surface area contributed by atoms with Crippen molar-refractivity contribution in [3.05, 3.63) is 46.9 Å². The first-order chi connectivity index (χ1) is 11.5. The third-order valence-electron chi connectivity index (χ3n) is 4.62. The van der Waals surface area contributed by atoms with Crippen LogP contribution in [0.2, 0.25) is 0 Å². The van der Waals surface area contributed by atoms with Gasteiger partial charge >= 0.3 is 0 Å². The number of hydrogen-bond donors (Lipinski definition) is 0. The summed E-state index contributed by atoms with van der Waals surface area (Å²) in [7, 11) is 1.71. The van der Waals surface area contributed by atoms with Gasteiger partial charge < -0.3 is 9.64 Å². The molecule has 1 unspecified atom stereocenters. The molecule has 0 saturated carbocycles. The van der Waals surface area contributed by atoms with Crippen LogP contribution in [0.3, 0.4) is 0 Å². The highest BCUT2D eigenvalue weighted by atomic mass is 16.5. The van der Waals surface area contributed by atoms with Gasteiger partial charge in [0.25, 0.3) is 5.78 Å². The van der Waals surface area contributed by atoms with Gasteiger partial charge in [-0.05, 0) is 50.5 Å². The van der Waals surface area contributed by atoms with Gasteiger partial charge in [-0.3, -0.25) is 0 Å². The molecule has 0 bridgehead atoms. The molecule has 2 aromatic heterocycles. The fourth-order valence-corrected chi connectivity index (χ4v) is 3.42. The minimum absolute atomic E-state index is 0.375. The molecular weight excluding hydrogens is 302 g/mol. The van der Waals surface area contributed by atoms with Crippen LogP contribution in [0.5, 0.6) is 5.75 Å². The van der Waals surface area contributed by atoms with E-state index < -0.39 is 0 Å². The zero-order chi connectivity index (χ0) is 16.8. The molecule has 1 aliphatic rings. The van der Waals surface area contributed by atoms with Crippen LogP contribution < -0.4 is 9.64 Å². The van der Waals surface area contributed by atoms with Crippen molar-refractivity contribution >= 4 is 11.6 Å². The van der Waals surface area contributed by atoms with E-state index in [0.29, 0.717) is 11.8 Å². The van der Waals surface area contributed by atoms with Crippen molar-refractivity contribution in [1.82, 2.24) is 19.6 Å². The molecule has 0 aliphatic carbocycles. The average Bonchev–Trinajstić information content (AvgIpc) is 2.93. The average molecular weight is 323 g/mol. The van der Waals surface area contributed by atoms with Gasteiger partial charge in [-0.2, -0.15) is 9.50 Å². The SMILES string of the molecule is COc1ccc2c(c1)CN(c1cc(C)nc3nc(C)nn13)C(C)C2. The van der Waals surface area contributed by atoms with Gasteiger partial charge in [0, 0.05) is 24.3 Å². The number of rotatable bonds is 2. The topological polar surface area (TPSA) is 55.5 Å². The van der Waals surface area contributed by atoms with E-state index in [4.69, 9.17) is 4.74 Å². The molecule has 3 aromatic rings. The molecule has 0 amide bonds. The van der Waals surface area contributed by atoms with Crippen LogP contribution in [0.25, 0.3) is 5.78 Å². The molecule has 0 radical (unpaired) electrons.